The number of hydrogen-bond donors (Lipinski definition) is 2. The number of aromatic nitrogens is 1. The van der Waals surface area contributed by atoms with Gasteiger partial charge in [0.2, 0.25) is 0 Å². The molecule has 0 radical (unpaired) electrons. The molecule has 29 heavy (non-hydrogen) atoms. The Balaban J connectivity index is 1.94. The number of rotatable bonds is 10. The van der Waals surface area contributed by atoms with Gasteiger partial charge in [0.05, 0.1) is 0 Å². The number of carboxylic acids is 1. The molecule has 2 N–H and O–H groups in total. The molecule has 2 aromatic carbocycles. The number of fused-ring (bicyclic) bond motifs is 1. The third-order valence-electron chi connectivity index (χ3n) is 4.77. The topological polar surface area (TPSA) is 63.5 Å². The summed E-state index contributed by atoms with van der Waals surface area (Å²) in [6.07, 6.45) is 0.847. The number of nitrogens with one attached hydrogen (secondary N) is 1. The molecule has 154 valence electrons. The fourth-order valence-corrected chi connectivity index (χ4v) is 3.67. The van der Waals surface area contributed by atoms with Gasteiger partial charge in [-0.05, 0) is 43.7 Å². The van der Waals surface area contributed by atoms with Gasteiger partial charge in [0.25, 0.3) is 0 Å². The van der Waals surface area contributed by atoms with E-state index in [0.717, 1.165) is 29.4 Å². The van der Waals surface area contributed by atoms with E-state index in [-0.39, 0.29) is 17.3 Å². The van der Waals surface area contributed by atoms with Gasteiger partial charge in [-0.3, -0.25) is 0 Å². The molecule has 0 amide bonds. The molecular weight excluding hydrogens is 395 g/mol. The third kappa shape index (κ3) is 4.96. The molecule has 0 aliphatic carbocycles. The van der Waals surface area contributed by atoms with E-state index in [1.807, 2.05) is 31.2 Å². The summed E-state index contributed by atoms with van der Waals surface area (Å²) in [5.41, 5.74) is 2.40. The summed E-state index contributed by atoms with van der Waals surface area (Å²) in [5, 5.41) is 14.4. The Labute approximate surface area is 174 Å². The van der Waals surface area contributed by atoms with E-state index in [2.05, 4.69) is 5.32 Å². The van der Waals surface area contributed by atoms with Crippen LogP contribution in [0.3, 0.4) is 0 Å². The van der Waals surface area contributed by atoms with Gasteiger partial charge >= 0.3 is 5.97 Å². The minimum Gasteiger partial charge on any atom is -0.477 e. The molecule has 3 aromatic rings. The van der Waals surface area contributed by atoms with Crippen LogP contribution in [0.1, 0.15) is 35.0 Å². The average Bonchev–Trinajstić information content (AvgIpc) is 3.00. The maximum Gasteiger partial charge on any atom is 0.352 e. The summed E-state index contributed by atoms with van der Waals surface area (Å²) >= 11 is 6.19. The first kappa shape index (κ1) is 21.3. The fourth-order valence-electron chi connectivity index (χ4n) is 3.44. The number of halogens is 2. The van der Waals surface area contributed by atoms with Crippen LogP contribution >= 0.6 is 11.6 Å². The molecule has 1 aromatic heterocycles. The monoisotopic (exact) mass is 418 g/mol. The lowest BCUT2D eigenvalue weighted by Gasteiger charge is -2.11. The van der Waals surface area contributed by atoms with Gasteiger partial charge in [-0.15, -0.1) is 0 Å². The molecule has 0 fully saturated rings. The Kier molecular flexibility index (Phi) is 7.25. The van der Waals surface area contributed by atoms with Crippen LogP contribution in [0.15, 0.2) is 42.5 Å². The quantitative estimate of drug-likeness (QED) is 0.468. The lowest BCUT2D eigenvalue weighted by Crippen LogP contribution is -2.19. The maximum atomic E-state index is 13.4. The van der Waals surface area contributed by atoms with Crippen LogP contribution < -0.4 is 5.32 Å². The van der Waals surface area contributed by atoms with Crippen LogP contribution in [0.25, 0.3) is 10.9 Å². The van der Waals surface area contributed by atoms with Gasteiger partial charge in [-0.1, -0.05) is 35.9 Å². The van der Waals surface area contributed by atoms with Crippen LogP contribution in [0, 0.1) is 5.82 Å². The number of nitrogens with zero attached hydrogens (tertiary/aromatic N) is 1. The smallest absolute Gasteiger partial charge is 0.352 e. The van der Waals surface area contributed by atoms with Crippen LogP contribution in [-0.4, -0.2) is 35.4 Å². The number of carboxylic acid groups (broad SMARTS) is 1. The normalized spacial score (nSPS) is 11.3. The van der Waals surface area contributed by atoms with Crippen molar-refractivity contribution in [1.82, 2.24) is 9.88 Å². The number of hydrogen-bond acceptors (Lipinski definition) is 3. The zero-order valence-corrected chi connectivity index (χ0v) is 17.0. The first-order valence-electron chi connectivity index (χ1n) is 9.58. The van der Waals surface area contributed by atoms with Crippen LogP contribution in [0.4, 0.5) is 4.39 Å². The number of benzene rings is 2. The highest BCUT2D eigenvalue weighted by molar-refractivity contribution is 6.31. The van der Waals surface area contributed by atoms with Gasteiger partial charge in [0.1, 0.15) is 11.5 Å². The molecule has 0 bridgehead atoms. The molecule has 0 aliphatic heterocycles. The largest absolute Gasteiger partial charge is 0.477 e. The Morgan fingerprint density at radius 3 is 2.79 bits per heavy atom. The summed E-state index contributed by atoms with van der Waals surface area (Å²) in [5.74, 6) is -1.43. The molecular formula is C22H24ClFN2O3. The highest BCUT2D eigenvalue weighted by Gasteiger charge is 2.22. The minimum atomic E-state index is -1.01. The van der Waals surface area contributed by atoms with Crippen molar-refractivity contribution in [3.8, 4) is 0 Å². The molecule has 0 unspecified atom stereocenters. The van der Waals surface area contributed by atoms with Gasteiger partial charge in [0, 0.05) is 47.8 Å². The first-order chi connectivity index (χ1) is 14.0. The second-order valence-electron chi connectivity index (χ2n) is 6.70. The summed E-state index contributed by atoms with van der Waals surface area (Å²) < 4.78 is 20.5. The summed E-state index contributed by atoms with van der Waals surface area (Å²) in [6.45, 7) is 4.70. The van der Waals surface area contributed by atoms with Crippen molar-refractivity contribution in [1.29, 1.82) is 0 Å². The van der Waals surface area contributed by atoms with E-state index in [9.17, 15) is 14.3 Å². The Hall–Kier alpha value is -2.41. The van der Waals surface area contributed by atoms with E-state index in [1.165, 1.54) is 12.1 Å². The average molecular weight is 419 g/mol. The van der Waals surface area contributed by atoms with Crippen molar-refractivity contribution in [3.05, 3.63) is 70.1 Å². The molecule has 5 nitrogen and oxygen atoms in total. The second-order valence-corrected chi connectivity index (χ2v) is 7.11. The van der Waals surface area contributed by atoms with E-state index in [1.54, 1.807) is 10.6 Å². The van der Waals surface area contributed by atoms with Crippen molar-refractivity contribution in [2.45, 2.75) is 26.4 Å². The van der Waals surface area contributed by atoms with E-state index < -0.39 is 11.8 Å². The Morgan fingerprint density at radius 2 is 2.07 bits per heavy atom. The lowest BCUT2D eigenvalue weighted by atomic mass is 10.1. The number of aromatic carboxylic acids is 1. The highest BCUT2D eigenvalue weighted by atomic mass is 35.5. The second kappa shape index (κ2) is 9.87. The first-order valence-corrected chi connectivity index (χ1v) is 9.96. The van der Waals surface area contributed by atoms with Crippen molar-refractivity contribution in [2.24, 2.45) is 0 Å². The van der Waals surface area contributed by atoms with Crippen LogP contribution in [0.5, 0.6) is 0 Å². The van der Waals surface area contributed by atoms with Gasteiger partial charge < -0.3 is 19.7 Å². The predicted octanol–water partition coefficient (Wildman–Crippen LogP) is 4.70. The van der Waals surface area contributed by atoms with Crippen LogP contribution in [-0.2, 0) is 17.8 Å². The zero-order valence-electron chi connectivity index (χ0n) is 16.3. The van der Waals surface area contributed by atoms with Crippen LogP contribution in [0.2, 0.25) is 5.02 Å². The molecule has 0 atom stereocenters. The molecule has 0 aliphatic rings. The summed E-state index contributed by atoms with van der Waals surface area (Å²) in [6, 6.07) is 11.7. The molecule has 7 heteroatoms. The predicted molar refractivity (Wildman–Crippen MR) is 112 cm³/mol. The van der Waals surface area contributed by atoms with Crippen molar-refractivity contribution in [3.63, 3.8) is 0 Å². The molecule has 0 spiro atoms. The van der Waals surface area contributed by atoms with Gasteiger partial charge in [-0.25, -0.2) is 9.18 Å². The Bertz CT molecular complexity index is 1000. The number of para-hydroxylation sites is 1. The van der Waals surface area contributed by atoms with Gasteiger partial charge in [-0.2, -0.15) is 0 Å². The van der Waals surface area contributed by atoms with Crippen molar-refractivity contribution in [2.75, 3.05) is 19.8 Å². The van der Waals surface area contributed by atoms with E-state index >= 15 is 0 Å². The standard InChI is InChI=1S/C22H24ClFN2O3/c1-2-29-11-5-10-25-13-18-17-6-3-4-7-20(17)26(21(18)22(27)28)14-15-8-9-16(24)12-19(15)23/h3-4,6-9,12,25H,2,5,10-11,13-14H2,1H3,(H,27,28). The number of ether oxygens (including phenoxy) is 1. The van der Waals surface area contributed by atoms with Crippen molar-refractivity contribution >= 4 is 28.5 Å². The van der Waals surface area contributed by atoms with E-state index in [4.69, 9.17) is 16.3 Å². The van der Waals surface area contributed by atoms with E-state index in [0.29, 0.717) is 25.3 Å². The summed E-state index contributed by atoms with van der Waals surface area (Å²) in [7, 11) is 0. The van der Waals surface area contributed by atoms with Crippen molar-refractivity contribution < 1.29 is 19.0 Å². The van der Waals surface area contributed by atoms with Gasteiger partial charge in [0.15, 0.2) is 0 Å². The SMILES string of the molecule is CCOCCCNCc1c(C(=O)O)n(Cc2ccc(F)cc2Cl)c2ccccc12. The third-order valence-corrected chi connectivity index (χ3v) is 5.12. The highest BCUT2D eigenvalue weighted by Crippen LogP contribution is 2.29. The molecule has 1 heterocycles. The minimum absolute atomic E-state index is 0.212. The molecule has 0 saturated carbocycles. The lowest BCUT2D eigenvalue weighted by molar-refractivity contribution is 0.0684. The fraction of sp³-hybridized carbons (Fsp3) is 0.318. The molecule has 3 rings (SSSR count). The Morgan fingerprint density at radius 1 is 1.28 bits per heavy atom. The zero-order chi connectivity index (χ0) is 20.8. The molecule has 0 saturated heterocycles. The maximum absolute atomic E-state index is 13.4. The number of carbonyl (C=O) groups is 1. The summed E-state index contributed by atoms with van der Waals surface area (Å²) in [4.78, 5) is 12.2.